The van der Waals surface area contributed by atoms with E-state index in [0.717, 1.165) is 12.1 Å². The molecule has 2 aromatic rings. The predicted octanol–water partition coefficient (Wildman–Crippen LogP) is 4.93. The first-order valence-corrected chi connectivity index (χ1v) is 5.78. The Kier molecular flexibility index (Phi) is 3.67. The van der Waals surface area contributed by atoms with Crippen molar-refractivity contribution in [3.05, 3.63) is 63.2 Å². The average molecular weight is 302 g/mol. The molecule has 0 bridgehead atoms. The Labute approximate surface area is 116 Å². The summed E-state index contributed by atoms with van der Waals surface area (Å²) in [6.07, 6.45) is -4.41. The van der Waals surface area contributed by atoms with E-state index < -0.39 is 16.7 Å². The van der Waals surface area contributed by atoms with Gasteiger partial charge in [0.1, 0.15) is 5.02 Å². The molecule has 2 aromatic carbocycles. The first-order valence-electron chi connectivity index (χ1n) is 5.40. The SMILES string of the molecule is O=[N+]([O-])c1cc(-c2ccc(C(F)(F)F)cc2)ccc1Cl. The summed E-state index contributed by atoms with van der Waals surface area (Å²) in [7, 11) is 0. The van der Waals surface area contributed by atoms with Crippen molar-refractivity contribution >= 4 is 17.3 Å². The zero-order chi connectivity index (χ0) is 14.9. The Balaban J connectivity index is 2.42. The van der Waals surface area contributed by atoms with Gasteiger partial charge in [-0.15, -0.1) is 0 Å². The molecule has 0 atom stereocenters. The van der Waals surface area contributed by atoms with Gasteiger partial charge in [-0.25, -0.2) is 0 Å². The van der Waals surface area contributed by atoms with Crippen LogP contribution in [0.5, 0.6) is 0 Å². The van der Waals surface area contributed by atoms with Crippen molar-refractivity contribution in [1.29, 1.82) is 0 Å². The van der Waals surface area contributed by atoms with Gasteiger partial charge in [0.15, 0.2) is 0 Å². The van der Waals surface area contributed by atoms with E-state index in [0.29, 0.717) is 11.1 Å². The van der Waals surface area contributed by atoms with Gasteiger partial charge < -0.3 is 0 Å². The molecule has 0 saturated heterocycles. The highest BCUT2D eigenvalue weighted by Crippen LogP contribution is 2.33. The van der Waals surface area contributed by atoms with Gasteiger partial charge in [-0.05, 0) is 29.3 Å². The minimum atomic E-state index is -4.41. The molecule has 0 N–H and O–H groups in total. The van der Waals surface area contributed by atoms with Crippen LogP contribution in [0.1, 0.15) is 5.56 Å². The van der Waals surface area contributed by atoms with Crippen molar-refractivity contribution in [3.63, 3.8) is 0 Å². The number of nitro benzene ring substituents is 1. The number of hydrogen-bond acceptors (Lipinski definition) is 2. The van der Waals surface area contributed by atoms with Crippen LogP contribution in [0.25, 0.3) is 11.1 Å². The van der Waals surface area contributed by atoms with Crippen LogP contribution in [-0.4, -0.2) is 4.92 Å². The average Bonchev–Trinajstić information content (AvgIpc) is 2.38. The maximum Gasteiger partial charge on any atom is 0.416 e. The maximum atomic E-state index is 12.4. The second-order valence-electron chi connectivity index (χ2n) is 4.00. The van der Waals surface area contributed by atoms with Crippen molar-refractivity contribution in [2.75, 3.05) is 0 Å². The Bertz CT molecular complexity index is 654. The normalized spacial score (nSPS) is 11.4. The summed E-state index contributed by atoms with van der Waals surface area (Å²) < 4.78 is 37.3. The van der Waals surface area contributed by atoms with Crippen molar-refractivity contribution in [2.24, 2.45) is 0 Å². The number of benzene rings is 2. The standard InChI is InChI=1S/C13H7ClF3NO2/c14-11-6-3-9(7-12(11)18(19)20)8-1-4-10(5-2-8)13(15,16)17/h1-7H. The Morgan fingerprint density at radius 1 is 1.00 bits per heavy atom. The van der Waals surface area contributed by atoms with Crippen LogP contribution < -0.4 is 0 Å². The lowest BCUT2D eigenvalue weighted by Gasteiger charge is -2.08. The summed E-state index contributed by atoms with van der Waals surface area (Å²) in [6, 6.07) is 8.45. The molecule has 0 aliphatic heterocycles. The van der Waals surface area contributed by atoms with Crippen LogP contribution in [0.2, 0.25) is 5.02 Å². The molecule has 0 fully saturated rings. The molecular formula is C13H7ClF3NO2. The lowest BCUT2D eigenvalue weighted by Crippen LogP contribution is -2.04. The largest absolute Gasteiger partial charge is 0.416 e. The van der Waals surface area contributed by atoms with Gasteiger partial charge in [-0.1, -0.05) is 29.8 Å². The fraction of sp³-hybridized carbons (Fsp3) is 0.0769. The topological polar surface area (TPSA) is 43.1 Å². The molecule has 0 saturated carbocycles. The molecule has 20 heavy (non-hydrogen) atoms. The maximum absolute atomic E-state index is 12.4. The monoisotopic (exact) mass is 301 g/mol. The van der Waals surface area contributed by atoms with Crippen LogP contribution >= 0.6 is 11.6 Å². The minimum Gasteiger partial charge on any atom is -0.258 e. The summed E-state index contributed by atoms with van der Waals surface area (Å²) in [5, 5.41) is 10.7. The molecule has 0 spiro atoms. The quantitative estimate of drug-likeness (QED) is 0.583. The van der Waals surface area contributed by atoms with Crippen LogP contribution in [0.15, 0.2) is 42.5 Å². The van der Waals surface area contributed by atoms with Gasteiger partial charge in [0.2, 0.25) is 0 Å². The molecular weight excluding hydrogens is 295 g/mol. The third kappa shape index (κ3) is 2.91. The zero-order valence-corrected chi connectivity index (χ0v) is 10.6. The predicted molar refractivity (Wildman–Crippen MR) is 68.5 cm³/mol. The third-order valence-corrected chi connectivity index (χ3v) is 3.01. The summed E-state index contributed by atoms with van der Waals surface area (Å²) in [6.45, 7) is 0. The fourth-order valence-corrected chi connectivity index (χ4v) is 1.87. The van der Waals surface area contributed by atoms with Crippen LogP contribution in [0.3, 0.4) is 0 Å². The van der Waals surface area contributed by atoms with E-state index in [-0.39, 0.29) is 10.7 Å². The number of hydrogen-bond donors (Lipinski definition) is 0. The van der Waals surface area contributed by atoms with E-state index in [2.05, 4.69) is 0 Å². The Hall–Kier alpha value is -2.08. The second-order valence-corrected chi connectivity index (χ2v) is 4.41. The molecule has 0 aliphatic carbocycles. The van der Waals surface area contributed by atoms with E-state index in [4.69, 9.17) is 11.6 Å². The Morgan fingerprint density at radius 2 is 1.55 bits per heavy atom. The van der Waals surface area contributed by atoms with Crippen molar-refractivity contribution < 1.29 is 18.1 Å². The lowest BCUT2D eigenvalue weighted by molar-refractivity contribution is -0.384. The molecule has 7 heteroatoms. The molecule has 2 rings (SSSR count). The summed E-state index contributed by atoms with van der Waals surface area (Å²) >= 11 is 5.67. The molecule has 3 nitrogen and oxygen atoms in total. The number of nitrogens with zero attached hydrogens (tertiary/aromatic N) is 1. The lowest BCUT2D eigenvalue weighted by atomic mass is 10.0. The number of rotatable bonds is 2. The van der Waals surface area contributed by atoms with Gasteiger partial charge in [0.05, 0.1) is 10.5 Å². The van der Waals surface area contributed by atoms with E-state index in [1.807, 2.05) is 0 Å². The highest BCUT2D eigenvalue weighted by atomic mass is 35.5. The minimum absolute atomic E-state index is 0.0225. The van der Waals surface area contributed by atoms with Crippen LogP contribution in [0, 0.1) is 10.1 Å². The van der Waals surface area contributed by atoms with E-state index >= 15 is 0 Å². The van der Waals surface area contributed by atoms with Crippen LogP contribution in [0.4, 0.5) is 18.9 Å². The number of alkyl halides is 3. The molecule has 0 radical (unpaired) electrons. The smallest absolute Gasteiger partial charge is 0.258 e. The second kappa shape index (κ2) is 5.13. The highest BCUT2D eigenvalue weighted by molar-refractivity contribution is 6.32. The van der Waals surface area contributed by atoms with E-state index in [1.165, 1.54) is 30.3 Å². The van der Waals surface area contributed by atoms with Gasteiger partial charge in [-0.3, -0.25) is 10.1 Å². The molecule has 104 valence electrons. The molecule has 0 unspecified atom stereocenters. The van der Waals surface area contributed by atoms with Gasteiger partial charge in [0, 0.05) is 6.07 Å². The first kappa shape index (κ1) is 14.3. The first-order chi connectivity index (χ1) is 9.29. The van der Waals surface area contributed by atoms with Gasteiger partial charge in [0.25, 0.3) is 5.69 Å². The van der Waals surface area contributed by atoms with Crippen molar-refractivity contribution in [1.82, 2.24) is 0 Å². The summed E-state index contributed by atoms with van der Waals surface area (Å²) in [4.78, 5) is 10.1. The Morgan fingerprint density at radius 3 is 2.05 bits per heavy atom. The van der Waals surface area contributed by atoms with Crippen molar-refractivity contribution in [3.8, 4) is 11.1 Å². The number of nitro groups is 1. The molecule has 0 amide bonds. The summed E-state index contributed by atoms with van der Waals surface area (Å²) in [5.74, 6) is 0. The molecule has 0 aromatic heterocycles. The fourth-order valence-electron chi connectivity index (χ4n) is 1.68. The van der Waals surface area contributed by atoms with E-state index in [1.54, 1.807) is 0 Å². The van der Waals surface area contributed by atoms with Gasteiger partial charge in [-0.2, -0.15) is 13.2 Å². The van der Waals surface area contributed by atoms with Crippen molar-refractivity contribution in [2.45, 2.75) is 6.18 Å². The molecule has 0 heterocycles. The highest BCUT2D eigenvalue weighted by Gasteiger charge is 2.30. The summed E-state index contributed by atoms with van der Waals surface area (Å²) in [5.41, 5.74) is -0.193. The molecule has 0 aliphatic rings. The van der Waals surface area contributed by atoms with E-state index in [9.17, 15) is 23.3 Å². The number of halogens is 4. The van der Waals surface area contributed by atoms with Gasteiger partial charge >= 0.3 is 6.18 Å². The zero-order valence-electron chi connectivity index (χ0n) is 9.82. The third-order valence-electron chi connectivity index (χ3n) is 2.69. The van der Waals surface area contributed by atoms with Crippen LogP contribution in [-0.2, 0) is 6.18 Å².